The van der Waals surface area contributed by atoms with Crippen LogP contribution in [0.5, 0.6) is 0 Å². The molecule has 3 nitrogen and oxygen atoms in total. The average molecular weight is 231 g/mol. The molecule has 2 aliphatic heterocycles. The predicted octanol–water partition coefficient (Wildman–Crippen LogP) is 1.53. The average Bonchev–Trinajstić information content (AvgIpc) is 2.74. The van der Waals surface area contributed by atoms with Gasteiger partial charge < -0.3 is 10.0 Å². The molecule has 0 saturated carbocycles. The van der Waals surface area contributed by atoms with Crippen molar-refractivity contribution in [1.82, 2.24) is 4.90 Å². The Kier molecular flexibility index (Phi) is 2.63. The monoisotopic (exact) mass is 231 g/mol. The van der Waals surface area contributed by atoms with Crippen molar-refractivity contribution in [2.75, 3.05) is 6.54 Å². The zero-order chi connectivity index (χ0) is 11.8. The number of aliphatic hydroxyl groups is 1. The van der Waals surface area contributed by atoms with Crippen LogP contribution in [-0.4, -0.2) is 34.6 Å². The number of hydrogen-bond acceptors (Lipinski definition) is 2. The Labute approximate surface area is 101 Å². The van der Waals surface area contributed by atoms with Crippen molar-refractivity contribution in [2.24, 2.45) is 0 Å². The molecule has 3 heteroatoms. The van der Waals surface area contributed by atoms with Crippen LogP contribution in [-0.2, 0) is 4.79 Å². The Morgan fingerprint density at radius 2 is 1.94 bits per heavy atom. The van der Waals surface area contributed by atoms with Gasteiger partial charge in [-0.1, -0.05) is 30.3 Å². The van der Waals surface area contributed by atoms with Crippen molar-refractivity contribution in [3.05, 3.63) is 35.9 Å². The van der Waals surface area contributed by atoms with Crippen LogP contribution in [0.15, 0.2) is 30.3 Å². The smallest absolute Gasteiger partial charge is 0.222 e. The third kappa shape index (κ3) is 1.75. The topological polar surface area (TPSA) is 40.5 Å². The molecule has 2 fully saturated rings. The third-order valence-electron chi connectivity index (χ3n) is 4.09. The Morgan fingerprint density at radius 3 is 2.71 bits per heavy atom. The Bertz CT molecular complexity index is 417. The summed E-state index contributed by atoms with van der Waals surface area (Å²) in [5.74, 6) is 0.393. The minimum absolute atomic E-state index is 0.0430. The van der Waals surface area contributed by atoms with Crippen molar-refractivity contribution in [3.63, 3.8) is 0 Å². The minimum atomic E-state index is -0.405. The predicted molar refractivity (Wildman–Crippen MR) is 64.5 cm³/mol. The summed E-state index contributed by atoms with van der Waals surface area (Å²) >= 11 is 0. The first-order valence-electron chi connectivity index (χ1n) is 6.30. The van der Waals surface area contributed by atoms with Crippen LogP contribution in [0.1, 0.15) is 30.7 Å². The molecule has 1 N–H and O–H groups in total. The highest BCUT2D eigenvalue weighted by molar-refractivity contribution is 5.79. The van der Waals surface area contributed by atoms with Gasteiger partial charge in [0.2, 0.25) is 5.91 Å². The van der Waals surface area contributed by atoms with Crippen molar-refractivity contribution in [1.29, 1.82) is 0 Å². The quantitative estimate of drug-likeness (QED) is 0.796. The first-order valence-corrected chi connectivity index (χ1v) is 6.30. The van der Waals surface area contributed by atoms with E-state index in [-0.39, 0.29) is 17.9 Å². The van der Waals surface area contributed by atoms with Crippen molar-refractivity contribution < 1.29 is 9.90 Å². The molecule has 1 aromatic rings. The molecule has 3 atom stereocenters. The maximum atomic E-state index is 11.6. The lowest BCUT2D eigenvalue weighted by Crippen LogP contribution is -2.49. The van der Waals surface area contributed by atoms with Crippen LogP contribution in [0.2, 0.25) is 0 Å². The number of carbonyl (C=O) groups is 1. The van der Waals surface area contributed by atoms with Crippen molar-refractivity contribution >= 4 is 5.91 Å². The van der Waals surface area contributed by atoms with Gasteiger partial charge in [-0.15, -0.1) is 0 Å². The maximum Gasteiger partial charge on any atom is 0.222 e. The van der Waals surface area contributed by atoms with Gasteiger partial charge in [0, 0.05) is 18.9 Å². The summed E-state index contributed by atoms with van der Waals surface area (Å²) in [5.41, 5.74) is 1.19. The first kappa shape index (κ1) is 10.8. The van der Waals surface area contributed by atoms with E-state index in [1.807, 2.05) is 23.1 Å². The van der Waals surface area contributed by atoms with E-state index in [2.05, 4.69) is 12.1 Å². The van der Waals surface area contributed by atoms with E-state index in [9.17, 15) is 9.90 Å². The molecule has 17 heavy (non-hydrogen) atoms. The van der Waals surface area contributed by atoms with Crippen LogP contribution < -0.4 is 0 Å². The maximum absolute atomic E-state index is 11.6. The van der Waals surface area contributed by atoms with Crippen LogP contribution >= 0.6 is 0 Å². The van der Waals surface area contributed by atoms with Gasteiger partial charge in [0.25, 0.3) is 0 Å². The van der Waals surface area contributed by atoms with Crippen molar-refractivity contribution in [3.8, 4) is 0 Å². The number of rotatable bonds is 1. The van der Waals surface area contributed by atoms with Gasteiger partial charge in [0.05, 0.1) is 12.1 Å². The zero-order valence-electron chi connectivity index (χ0n) is 9.75. The van der Waals surface area contributed by atoms with E-state index < -0.39 is 6.10 Å². The number of aliphatic hydroxyl groups excluding tert-OH is 1. The number of benzene rings is 1. The first-order chi connectivity index (χ1) is 8.27. The van der Waals surface area contributed by atoms with Gasteiger partial charge in [-0.05, 0) is 18.4 Å². The summed E-state index contributed by atoms with van der Waals surface area (Å²) in [6.45, 7) is 0.792. The van der Waals surface area contributed by atoms with Gasteiger partial charge in [-0.25, -0.2) is 0 Å². The van der Waals surface area contributed by atoms with Crippen LogP contribution in [0.25, 0.3) is 0 Å². The molecule has 0 aliphatic carbocycles. The van der Waals surface area contributed by atoms with Gasteiger partial charge >= 0.3 is 0 Å². The highest BCUT2D eigenvalue weighted by atomic mass is 16.3. The molecule has 0 unspecified atom stereocenters. The molecule has 2 heterocycles. The van der Waals surface area contributed by atoms with Gasteiger partial charge in [0.1, 0.15) is 0 Å². The fourth-order valence-corrected chi connectivity index (χ4v) is 3.18. The summed E-state index contributed by atoms with van der Waals surface area (Å²) in [4.78, 5) is 13.5. The SMILES string of the molecule is O=C1CC[C@H]2[C@H](O)[C@@H](c3ccccc3)CCN12. The normalized spacial score (nSPS) is 32.6. The van der Waals surface area contributed by atoms with E-state index in [1.54, 1.807) is 0 Å². The Balaban J connectivity index is 1.84. The summed E-state index contributed by atoms with van der Waals surface area (Å²) in [6.07, 6.45) is 1.87. The second kappa shape index (κ2) is 4.15. The molecular formula is C14H17NO2. The van der Waals surface area contributed by atoms with E-state index in [1.165, 1.54) is 5.56 Å². The van der Waals surface area contributed by atoms with Crippen LogP contribution in [0.3, 0.4) is 0 Å². The molecule has 0 spiro atoms. The second-order valence-electron chi connectivity index (χ2n) is 4.99. The summed E-state index contributed by atoms with van der Waals surface area (Å²) in [6, 6.07) is 10.2. The number of piperidine rings is 1. The van der Waals surface area contributed by atoms with E-state index in [4.69, 9.17) is 0 Å². The lowest BCUT2D eigenvalue weighted by atomic mass is 9.83. The number of amides is 1. The highest BCUT2D eigenvalue weighted by Gasteiger charge is 2.43. The molecule has 1 amide bonds. The highest BCUT2D eigenvalue weighted by Crippen LogP contribution is 2.36. The number of nitrogens with zero attached hydrogens (tertiary/aromatic N) is 1. The molecule has 0 aromatic heterocycles. The molecule has 1 aromatic carbocycles. The number of fused-ring (bicyclic) bond motifs is 1. The van der Waals surface area contributed by atoms with E-state index in [0.29, 0.717) is 6.42 Å². The molecule has 2 saturated heterocycles. The molecular weight excluding hydrogens is 214 g/mol. The molecule has 0 radical (unpaired) electrons. The number of carbonyl (C=O) groups excluding carboxylic acids is 1. The zero-order valence-corrected chi connectivity index (χ0v) is 9.75. The van der Waals surface area contributed by atoms with Gasteiger partial charge in [0.15, 0.2) is 0 Å². The second-order valence-corrected chi connectivity index (χ2v) is 4.99. The van der Waals surface area contributed by atoms with E-state index >= 15 is 0 Å². The van der Waals surface area contributed by atoms with Crippen molar-refractivity contribution in [2.45, 2.75) is 37.3 Å². The molecule has 90 valence electrons. The lowest BCUT2D eigenvalue weighted by Gasteiger charge is -2.39. The van der Waals surface area contributed by atoms with Crippen LogP contribution in [0.4, 0.5) is 0 Å². The Hall–Kier alpha value is -1.35. The summed E-state index contributed by atoms with van der Waals surface area (Å²) < 4.78 is 0. The largest absolute Gasteiger partial charge is 0.390 e. The van der Waals surface area contributed by atoms with E-state index in [0.717, 1.165) is 19.4 Å². The summed E-state index contributed by atoms with van der Waals surface area (Å²) in [7, 11) is 0. The third-order valence-corrected chi connectivity index (χ3v) is 4.09. The fraction of sp³-hybridized carbons (Fsp3) is 0.500. The minimum Gasteiger partial charge on any atom is -0.390 e. The molecule has 3 rings (SSSR count). The number of hydrogen-bond donors (Lipinski definition) is 1. The fourth-order valence-electron chi connectivity index (χ4n) is 3.18. The lowest BCUT2D eigenvalue weighted by molar-refractivity contribution is -0.132. The molecule has 2 aliphatic rings. The van der Waals surface area contributed by atoms with Gasteiger partial charge in [-0.3, -0.25) is 4.79 Å². The standard InChI is InChI=1S/C14H17NO2/c16-13-7-6-12-14(17)11(8-9-15(12)13)10-4-2-1-3-5-10/h1-5,11-12,14,17H,6-9H2/t11-,12+,14-/m1/s1. The Morgan fingerprint density at radius 1 is 1.18 bits per heavy atom. The van der Waals surface area contributed by atoms with Crippen LogP contribution in [0, 0.1) is 0 Å². The van der Waals surface area contributed by atoms with Gasteiger partial charge in [-0.2, -0.15) is 0 Å². The summed E-state index contributed by atoms with van der Waals surface area (Å²) in [5, 5.41) is 10.4. The molecule has 0 bridgehead atoms.